The Morgan fingerprint density at radius 1 is 0.958 bits per heavy atom. The van der Waals surface area contributed by atoms with E-state index >= 15 is 0 Å². The Morgan fingerprint density at radius 2 is 1.58 bits per heavy atom. The largest absolute Gasteiger partial charge is 0.493 e. The molecule has 0 saturated heterocycles. The van der Waals surface area contributed by atoms with Crippen LogP contribution < -0.4 is 19.5 Å². The number of nitrogens with one attached hydrogen (secondary N) is 1. The highest BCUT2D eigenvalue weighted by molar-refractivity contribution is 6.05. The smallest absolute Gasteiger partial charge is 0.235 e. The fraction of sp³-hybridized carbons (Fsp3) is 0.333. The third-order valence-corrected chi connectivity index (χ3v) is 4.36. The van der Waals surface area contributed by atoms with Crippen LogP contribution in [0.3, 0.4) is 0 Å². The van der Waals surface area contributed by atoms with Crippen LogP contribution in [0.15, 0.2) is 24.4 Å². The first-order chi connectivity index (χ1) is 11.4. The molecule has 126 valence electrons. The van der Waals surface area contributed by atoms with Crippen LogP contribution in [0.4, 0.5) is 5.82 Å². The number of amides is 1. The first-order valence-electron chi connectivity index (χ1n) is 7.54. The minimum atomic E-state index is -0.612. The van der Waals surface area contributed by atoms with E-state index in [4.69, 9.17) is 14.2 Å². The van der Waals surface area contributed by atoms with Crippen LogP contribution in [-0.4, -0.2) is 32.2 Å². The van der Waals surface area contributed by atoms with Gasteiger partial charge in [0.25, 0.3) is 0 Å². The molecule has 1 amide bonds. The highest BCUT2D eigenvalue weighted by atomic mass is 16.5. The van der Waals surface area contributed by atoms with E-state index in [9.17, 15) is 4.79 Å². The molecule has 6 nitrogen and oxygen atoms in total. The van der Waals surface area contributed by atoms with Crippen molar-refractivity contribution in [3.63, 3.8) is 0 Å². The number of anilines is 1. The summed E-state index contributed by atoms with van der Waals surface area (Å²) in [6, 6.07) is 5.70. The summed E-state index contributed by atoms with van der Waals surface area (Å²) >= 11 is 0. The maximum atomic E-state index is 12.1. The van der Waals surface area contributed by atoms with E-state index in [0.29, 0.717) is 23.1 Å². The van der Waals surface area contributed by atoms with E-state index in [0.717, 1.165) is 16.7 Å². The van der Waals surface area contributed by atoms with Crippen LogP contribution in [0.25, 0.3) is 11.1 Å². The van der Waals surface area contributed by atoms with Gasteiger partial charge in [0, 0.05) is 17.3 Å². The molecule has 1 aliphatic rings. The van der Waals surface area contributed by atoms with Gasteiger partial charge in [-0.05, 0) is 37.6 Å². The zero-order chi connectivity index (χ0) is 17.5. The molecule has 0 saturated carbocycles. The molecule has 2 aromatic rings. The van der Waals surface area contributed by atoms with Gasteiger partial charge >= 0.3 is 0 Å². The molecule has 1 aromatic carbocycles. The number of benzene rings is 1. The number of nitrogens with zero attached hydrogens (tertiary/aromatic N) is 1. The van der Waals surface area contributed by atoms with Gasteiger partial charge < -0.3 is 19.5 Å². The Hall–Kier alpha value is -2.76. The van der Waals surface area contributed by atoms with E-state index in [1.165, 1.54) is 0 Å². The Morgan fingerprint density at radius 3 is 2.12 bits per heavy atom. The molecule has 0 spiro atoms. The first kappa shape index (κ1) is 16.1. The molecule has 0 fully saturated rings. The van der Waals surface area contributed by atoms with Crippen molar-refractivity contribution in [2.24, 2.45) is 0 Å². The minimum Gasteiger partial charge on any atom is -0.493 e. The lowest BCUT2D eigenvalue weighted by Gasteiger charge is -2.17. The SMILES string of the molecule is COc1cc(-c2cnc3c(c2)C(C)(C)C(=O)N3)cc(OC)c1OC. The minimum absolute atomic E-state index is 0.0490. The molecule has 0 radical (unpaired) electrons. The summed E-state index contributed by atoms with van der Waals surface area (Å²) in [6.07, 6.45) is 1.72. The molecule has 6 heteroatoms. The van der Waals surface area contributed by atoms with Crippen molar-refractivity contribution in [2.75, 3.05) is 26.6 Å². The second-order valence-corrected chi connectivity index (χ2v) is 6.11. The third kappa shape index (κ3) is 2.35. The number of fused-ring (bicyclic) bond motifs is 1. The zero-order valence-electron chi connectivity index (χ0n) is 14.4. The van der Waals surface area contributed by atoms with Gasteiger partial charge in [-0.1, -0.05) is 0 Å². The van der Waals surface area contributed by atoms with Crippen LogP contribution in [0, 0.1) is 0 Å². The third-order valence-electron chi connectivity index (χ3n) is 4.36. The van der Waals surface area contributed by atoms with Crippen molar-refractivity contribution in [1.29, 1.82) is 0 Å². The fourth-order valence-corrected chi connectivity index (χ4v) is 2.83. The molecule has 1 N–H and O–H groups in total. The molecule has 0 atom stereocenters. The first-order valence-corrected chi connectivity index (χ1v) is 7.54. The summed E-state index contributed by atoms with van der Waals surface area (Å²) in [5.74, 6) is 2.24. The number of hydrogen-bond donors (Lipinski definition) is 1. The normalized spacial score (nSPS) is 14.8. The summed E-state index contributed by atoms with van der Waals surface area (Å²) in [5, 5.41) is 2.81. The summed E-state index contributed by atoms with van der Waals surface area (Å²) < 4.78 is 16.1. The zero-order valence-corrected chi connectivity index (χ0v) is 14.4. The average molecular weight is 328 g/mol. The summed E-state index contributed by atoms with van der Waals surface area (Å²) in [4.78, 5) is 16.5. The van der Waals surface area contributed by atoms with E-state index < -0.39 is 5.41 Å². The van der Waals surface area contributed by atoms with Crippen LogP contribution in [0.1, 0.15) is 19.4 Å². The van der Waals surface area contributed by atoms with Gasteiger partial charge in [-0.3, -0.25) is 4.79 Å². The van der Waals surface area contributed by atoms with Gasteiger partial charge in [0.05, 0.1) is 26.7 Å². The lowest BCUT2D eigenvalue weighted by molar-refractivity contribution is -0.119. The number of carbonyl (C=O) groups is 1. The fourth-order valence-electron chi connectivity index (χ4n) is 2.83. The molecule has 0 aliphatic carbocycles. The molecule has 1 aromatic heterocycles. The lowest BCUT2D eigenvalue weighted by Crippen LogP contribution is -2.26. The number of hydrogen-bond acceptors (Lipinski definition) is 5. The number of pyridine rings is 1. The number of carbonyl (C=O) groups excluding carboxylic acids is 1. The summed E-state index contributed by atoms with van der Waals surface area (Å²) in [5.41, 5.74) is 2.00. The maximum absolute atomic E-state index is 12.1. The maximum Gasteiger partial charge on any atom is 0.235 e. The molecule has 1 aliphatic heterocycles. The van der Waals surface area contributed by atoms with E-state index in [-0.39, 0.29) is 5.91 Å². The van der Waals surface area contributed by atoms with Gasteiger partial charge in [-0.25, -0.2) is 4.98 Å². The monoisotopic (exact) mass is 328 g/mol. The highest BCUT2D eigenvalue weighted by Crippen LogP contribution is 2.43. The van der Waals surface area contributed by atoms with Crippen molar-refractivity contribution < 1.29 is 19.0 Å². The quantitative estimate of drug-likeness (QED) is 0.934. The van der Waals surface area contributed by atoms with Crippen molar-refractivity contribution >= 4 is 11.7 Å². The van der Waals surface area contributed by atoms with Gasteiger partial charge in [0.15, 0.2) is 11.5 Å². The molecule has 0 bridgehead atoms. The highest BCUT2D eigenvalue weighted by Gasteiger charge is 2.39. The van der Waals surface area contributed by atoms with E-state index in [1.54, 1.807) is 27.5 Å². The Bertz CT molecular complexity index is 790. The van der Waals surface area contributed by atoms with Gasteiger partial charge in [-0.15, -0.1) is 0 Å². The number of aromatic nitrogens is 1. The van der Waals surface area contributed by atoms with Gasteiger partial charge in [0.2, 0.25) is 11.7 Å². The predicted molar refractivity (Wildman–Crippen MR) is 91.0 cm³/mol. The van der Waals surface area contributed by atoms with Gasteiger partial charge in [-0.2, -0.15) is 0 Å². The molecule has 0 unspecified atom stereocenters. The van der Waals surface area contributed by atoms with Crippen molar-refractivity contribution in [2.45, 2.75) is 19.3 Å². The average Bonchev–Trinajstić information content (AvgIpc) is 2.82. The molecular formula is C18H20N2O4. The molecule has 2 heterocycles. The second kappa shape index (κ2) is 5.70. The van der Waals surface area contributed by atoms with Crippen molar-refractivity contribution in [3.8, 4) is 28.4 Å². The van der Waals surface area contributed by atoms with Gasteiger partial charge in [0.1, 0.15) is 5.82 Å². The topological polar surface area (TPSA) is 69.7 Å². The van der Waals surface area contributed by atoms with E-state index in [2.05, 4.69) is 10.3 Å². The van der Waals surface area contributed by atoms with Crippen molar-refractivity contribution in [1.82, 2.24) is 4.98 Å². The number of rotatable bonds is 4. The number of methoxy groups -OCH3 is 3. The Kier molecular flexibility index (Phi) is 3.83. The lowest BCUT2D eigenvalue weighted by atomic mass is 9.86. The van der Waals surface area contributed by atoms with Crippen LogP contribution in [-0.2, 0) is 10.2 Å². The summed E-state index contributed by atoms with van der Waals surface area (Å²) in [7, 11) is 4.72. The van der Waals surface area contributed by atoms with Crippen molar-refractivity contribution in [3.05, 3.63) is 30.0 Å². The van der Waals surface area contributed by atoms with E-state index in [1.807, 2.05) is 32.0 Å². The summed E-state index contributed by atoms with van der Waals surface area (Å²) in [6.45, 7) is 3.77. The van der Waals surface area contributed by atoms with Crippen LogP contribution in [0.2, 0.25) is 0 Å². The molecule has 3 rings (SSSR count). The second-order valence-electron chi connectivity index (χ2n) is 6.11. The number of ether oxygens (including phenoxy) is 3. The van der Waals surface area contributed by atoms with Crippen LogP contribution in [0.5, 0.6) is 17.2 Å². The predicted octanol–water partition coefficient (Wildman–Crippen LogP) is 3.00. The molecule has 24 heavy (non-hydrogen) atoms. The van der Waals surface area contributed by atoms with Crippen LogP contribution >= 0.6 is 0 Å². The molecular weight excluding hydrogens is 308 g/mol. The Labute approximate surface area is 140 Å². The Balaban J connectivity index is 2.14. The standard InChI is InChI=1S/C18H20N2O4/c1-18(2)12-6-11(9-19-16(12)20-17(18)21)10-7-13(22-3)15(24-5)14(8-10)23-4/h6-9H,1-5H3,(H,19,20,21).